The zero-order valence-corrected chi connectivity index (χ0v) is 11.9. The van der Waals surface area contributed by atoms with Crippen LogP contribution < -0.4 is 18.9 Å². The van der Waals surface area contributed by atoms with Gasteiger partial charge in [-0.25, -0.2) is 4.79 Å². The van der Waals surface area contributed by atoms with Crippen LogP contribution in [-0.2, 0) is 4.79 Å². The Labute approximate surface area is 127 Å². The predicted molar refractivity (Wildman–Crippen MR) is 80.2 cm³/mol. The van der Waals surface area contributed by atoms with Gasteiger partial charge in [0.05, 0.1) is 7.11 Å². The average Bonchev–Trinajstić information content (AvgIpc) is 3.01. The van der Waals surface area contributed by atoms with Gasteiger partial charge in [-0.05, 0) is 24.3 Å². The fourth-order valence-corrected chi connectivity index (χ4v) is 2.05. The number of hydrogen-bond acceptors (Lipinski definition) is 5. The van der Waals surface area contributed by atoms with E-state index in [1.165, 1.54) is 6.08 Å². The largest absolute Gasteiger partial charge is 0.496 e. The average molecular weight is 298 g/mol. The number of carbonyl (C=O) groups is 1. The first-order chi connectivity index (χ1) is 10.8. The second-order valence-corrected chi connectivity index (χ2v) is 4.51. The highest BCUT2D eigenvalue weighted by Gasteiger charge is 2.14. The van der Waals surface area contributed by atoms with Crippen molar-refractivity contribution in [1.29, 1.82) is 0 Å². The molecule has 0 atom stereocenters. The molecule has 0 unspecified atom stereocenters. The summed E-state index contributed by atoms with van der Waals surface area (Å²) in [5.41, 5.74) is 0.799. The number of benzene rings is 2. The summed E-state index contributed by atoms with van der Waals surface area (Å²) in [4.78, 5) is 11.9. The van der Waals surface area contributed by atoms with Crippen LogP contribution in [0.25, 0.3) is 6.08 Å². The number of esters is 1. The van der Waals surface area contributed by atoms with Gasteiger partial charge in [0.15, 0.2) is 11.5 Å². The predicted octanol–water partition coefficient (Wildman–Crippen LogP) is 3.04. The molecule has 0 saturated carbocycles. The summed E-state index contributed by atoms with van der Waals surface area (Å²) in [5.74, 6) is 1.82. The van der Waals surface area contributed by atoms with E-state index in [0.29, 0.717) is 23.0 Å². The van der Waals surface area contributed by atoms with Gasteiger partial charge in [-0.1, -0.05) is 18.2 Å². The summed E-state index contributed by atoms with van der Waals surface area (Å²) in [6.07, 6.45) is 3.00. The van der Waals surface area contributed by atoms with Crippen LogP contribution in [-0.4, -0.2) is 19.9 Å². The molecule has 22 heavy (non-hydrogen) atoms. The van der Waals surface area contributed by atoms with Crippen molar-refractivity contribution in [2.45, 2.75) is 0 Å². The summed E-state index contributed by atoms with van der Waals surface area (Å²) in [6.45, 7) is 0.181. The Morgan fingerprint density at radius 2 is 1.95 bits per heavy atom. The number of rotatable bonds is 4. The fourth-order valence-electron chi connectivity index (χ4n) is 2.05. The van der Waals surface area contributed by atoms with Crippen LogP contribution in [0.3, 0.4) is 0 Å². The van der Waals surface area contributed by atoms with Crippen LogP contribution in [0.15, 0.2) is 48.5 Å². The first-order valence-electron chi connectivity index (χ1n) is 6.69. The minimum atomic E-state index is -0.482. The van der Waals surface area contributed by atoms with Crippen molar-refractivity contribution in [3.8, 4) is 23.0 Å². The van der Waals surface area contributed by atoms with E-state index in [2.05, 4.69) is 0 Å². The maximum absolute atomic E-state index is 11.9. The summed E-state index contributed by atoms with van der Waals surface area (Å²) in [6, 6.07) is 12.4. The van der Waals surface area contributed by atoms with Gasteiger partial charge in [0.1, 0.15) is 11.5 Å². The number of hydrogen-bond donors (Lipinski definition) is 0. The van der Waals surface area contributed by atoms with Crippen molar-refractivity contribution < 1.29 is 23.7 Å². The van der Waals surface area contributed by atoms with E-state index >= 15 is 0 Å². The zero-order valence-electron chi connectivity index (χ0n) is 11.9. The highest BCUT2D eigenvalue weighted by molar-refractivity contribution is 5.89. The molecule has 1 aliphatic heterocycles. The summed E-state index contributed by atoms with van der Waals surface area (Å²) in [7, 11) is 1.58. The Hall–Kier alpha value is -2.95. The molecule has 0 aromatic heterocycles. The molecular weight excluding hydrogens is 284 g/mol. The van der Waals surface area contributed by atoms with E-state index in [1.54, 1.807) is 31.4 Å². The number of para-hydroxylation sites is 1. The van der Waals surface area contributed by atoms with Crippen LogP contribution in [0.1, 0.15) is 5.56 Å². The van der Waals surface area contributed by atoms with Crippen molar-refractivity contribution in [3.05, 3.63) is 54.1 Å². The molecule has 1 heterocycles. The minimum Gasteiger partial charge on any atom is -0.496 e. The Balaban J connectivity index is 1.68. The lowest BCUT2D eigenvalue weighted by molar-refractivity contribution is -0.128. The highest BCUT2D eigenvalue weighted by Crippen LogP contribution is 2.35. The van der Waals surface area contributed by atoms with Gasteiger partial charge in [0, 0.05) is 17.7 Å². The SMILES string of the molecule is COc1ccccc1/C=C/C(=O)Oc1ccc2c(c1)OCO2. The standard InChI is InChI=1S/C17H14O5/c1-19-14-5-3-2-4-12(14)6-9-17(18)22-13-7-8-15-16(10-13)21-11-20-15/h2-10H,11H2,1H3/b9-6+. The zero-order chi connectivity index (χ0) is 15.4. The molecule has 5 heteroatoms. The third kappa shape index (κ3) is 3.03. The first kappa shape index (κ1) is 14.0. The lowest BCUT2D eigenvalue weighted by atomic mass is 10.2. The van der Waals surface area contributed by atoms with Gasteiger partial charge in [-0.3, -0.25) is 0 Å². The molecule has 0 spiro atoms. The molecular formula is C17H14O5. The van der Waals surface area contributed by atoms with Crippen LogP contribution >= 0.6 is 0 Å². The van der Waals surface area contributed by atoms with Gasteiger partial charge in [0.25, 0.3) is 0 Å². The van der Waals surface area contributed by atoms with Crippen molar-refractivity contribution in [3.63, 3.8) is 0 Å². The van der Waals surface area contributed by atoms with Gasteiger partial charge in [-0.2, -0.15) is 0 Å². The maximum Gasteiger partial charge on any atom is 0.336 e. The monoisotopic (exact) mass is 298 g/mol. The molecule has 2 aromatic rings. The number of fused-ring (bicyclic) bond motifs is 1. The maximum atomic E-state index is 11.9. The molecule has 0 aliphatic carbocycles. The van der Waals surface area contributed by atoms with Crippen LogP contribution in [0.5, 0.6) is 23.0 Å². The van der Waals surface area contributed by atoms with Crippen LogP contribution in [0, 0.1) is 0 Å². The quantitative estimate of drug-likeness (QED) is 0.493. The fraction of sp³-hybridized carbons (Fsp3) is 0.118. The molecule has 3 rings (SSSR count). The number of carbonyl (C=O) groups excluding carboxylic acids is 1. The molecule has 1 aliphatic rings. The molecule has 0 fully saturated rings. The molecule has 0 bridgehead atoms. The molecule has 0 N–H and O–H groups in total. The molecule has 5 nitrogen and oxygen atoms in total. The molecule has 112 valence electrons. The van der Waals surface area contributed by atoms with E-state index < -0.39 is 5.97 Å². The van der Waals surface area contributed by atoms with E-state index in [4.69, 9.17) is 18.9 Å². The Morgan fingerprint density at radius 1 is 1.14 bits per heavy atom. The highest BCUT2D eigenvalue weighted by atomic mass is 16.7. The van der Waals surface area contributed by atoms with E-state index in [-0.39, 0.29) is 6.79 Å². The summed E-state index contributed by atoms with van der Waals surface area (Å²) >= 11 is 0. The number of methoxy groups -OCH3 is 1. The number of ether oxygens (including phenoxy) is 4. The van der Waals surface area contributed by atoms with E-state index in [9.17, 15) is 4.79 Å². The van der Waals surface area contributed by atoms with Crippen LogP contribution in [0.2, 0.25) is 0 Å². The Bertz CT molecular complexity index is 721. The minimum absolute atomic E-state index is 0.181. The van der Waals surface area contributed by atoms with E-state index in [0.717, 1.165) is 5.56 Å². The van der Waals surface area contributed by atoms with Gasteiger partial charge < -0.3 is 18.9 Å². The molecule has 0 amide bonds. The van der Waals surface area contributed by atoms with Crippen molar-refractivity contribution in [2.24, 2.45) is 0 Å². The van der Waals surface area contributed by atoms with E-state index in [1.807, 2.05) is 24.3 Å². The Kier molecular flexibility index (Phi) is 3.96. The first-order valence-corrected chi connectivity index (χ1v) is 6.69. The topological polar surface area (TPSA) is 54.0 Å². The lowest BCUT2D eigenvalue weighted by Gasteiger charge is -2.04. The second kappa shape index (κ2) is 6.22. The molecule has 0 radical (unpaired) electrons. The molecule has 0 saturated heterocycles. The Morgan fingerprint density at radius 3 is 2.82 bits per heavy atom. The van der Waals surface area contributed by atoms with Gasteiger partial charge in [0.2, 0.25) is 6.79 Å². The normalized spacial score (nSPS) is 12.4. The smallest absolute Gasteiger partial charge is 0.336 e. The summed E-state index contributed by atoms with van der Waals surface area (Å²) < 4.78 is 20.9. The third-order valence-electron chi connectivity index (χ3n) is 3.10. The van der Waals surface area contributed by atoms with Crippen molar-refractivity contribution in [1.82, 2.24) is 0 Å². The van der Waals surface area contributed by atoms with Crippen LogP contribution in [0.4, 0.5) is 0 Å². The van der Waals surface area contributed by atoms with Crippen molar-refractivity contribution >= 4 is 12.0 Å². The summed E-state index contributed by atoms with van der Waals surface area (Å²) in [5, 5.41) is 0. The van der Waals surface area contributed by atoms with Gasteiger partial charge >= 0.3 is 5.97 Å². The van der Waals surface area contributed by atoms with Crippen molar-refractivity contribution in [2.75, 3.05) is 13.9 Å². The second-order valence-electron chi connectivity index (χ2n) is 4.51. The third-order valence-corrected chi connectivity index (χ3v) is 3.10. The molecule has 2 aromatic carbocycles. The lowest BCUT2D eigenvalue weighted by Crippen LogP contribution is -2.03. The van der Waals surface area contributed by atoms with Gasteiger partial charge in [-0.15, -0.1) is 0 Å².